The average Bonchev–Trinajstić information content (AvgIpc) is 3.20. The van der Waals surface area contributed by atoms with Crippen LogP contribution in [-0.4, -0.2) is 55.1 Å². The highest BCUT2D eigenvalue weighted by atomic mass is 32.1. The summed E-state index contributed by atoms with van der Waals surface area (Å²) < 4.78 is 1.31. The molecule has 0 radical (unpaired) electrons. The molecule has 30 heavy (non-hydrogen) atoms. The summed E-state index contributed by atoms with van der Waals surface area (Å²) in [7, 11) is 0. The van der Waals surface area contributed by atoms with Crippen molar-refractivity contribution < 1.29 is 4.79 Å². The molecule has 0 unspecified atom stereocenters. The van der Waals surface area contributed by atoms with Gasteiger partial charge in [0.2, 0.25) is 0 Å². The molecule has 5 nitrogen and oxygen atoms in total. The predicted octanol–water partition coefficient (Wildman–Crippen LogP) is 4.08. The fourth-order valence-corrected chi connectivity index (χ4v) is 5.02. The zero-order chi connectivity index (χ0) is 21.3. The lowest BCUT2D eigenvalue weighted by molar-refractivity contribution is 0.0947. The van der Waals surface area contributed by atoms with Crippen LogP contribution < -0.4 is 10.2 Å². The van der Waals surface area contributed by atoms with Crippen LogP contribution in [0.15, 0.2) is 30.3 Å². The van der Waals surface area contributed by atoms with Gasteiger partial charge in [0.15, 0.2) is 5.13 Å². The smallest absolute Gasteiger partial charge is 0.251 e. The number of piperazine rings is 1. The number of carbonyl (C=O) groups is 1. The van der Waals surface area contributed by atoms with Crippen LogP contribution in [0.4, 0.5) is 5.13 Å². The third-order valence-electron chi connectivity index (χ3n) is 6.06. The number of hydrogen-bond acceptors (Lipinski definition) is 5. The fraction of sp³-hybridized carbons (Fsp3) is 0.417. The molecule has 2 heterocycles. The van der Waals surface area contributed by atoms with Crippen LogP contribution in [0.3, 0.4) is 0 Å². The van der Waals surface area contributed by atoms with Crippen molar-refractivity contribution in [2.24, 2.45) is 0 Å². The molecule has 1 N–H and O–H groups in total. The van der Waals surface area contributed by atoms with E-state index in [0.717, 1.165) is 54.5 Å². The van der Waals surface area contributed by atoms with Gasteiger partial charge in [0.05, 0.1) is 10.2 Å². The molecule has 3 aromatic rings. The molecule has 6 heteroatoms. The molecule has 0 saturated carbocycles. The van der Waals surface area contributed by atoms with E-state index < -0.39 is 0 Å². The van der Waals surface area contributed by atoms with E-state index in [1.165, 1.54) is 21.4 Å². The van der Waals surface area contributed by atoms with Crippen LogP contribution in [0.5, 0.6) is 0 Å². The highest BCUT2D eigenvalue weighted by Crippen LogP contribution is 2.33. The van der Waals surface area contributed by atoms with E-state index in [-0.39, 0.29) is 5.91 Å². The van der Waals surface area contributed by atoms with Crippen LogP contribution >= 0.6 is 11.3 Å². The number of aryl methyl sites for hydroxylation is 4. The zero-order valence-electron chi connectivity index (χ0n) is 18.3. The Morgan fingerprint density at radius 3 is 2.37 bits per heavy atom. The van der Waals surface area contributed by atoms with Crippen LogP contribution in [0.1, 0.15) is 32.6 Å². The molecule has 0 spiro atoms. The maximum absolute atomic E-state index is 12.4. The molecule has 1 saturated heterocycles. The maximum Gasteiger partial charge on any atom is 0.251 e. The summed E-state index contributed by atoms with van der Waals surface area (Å²) in [4.78, 5) is 22.1. The Labute approximate surface area is 182 Å². The Morgan fingerprint density at radius 1 is 0.967 bits per heavy atom. The number of aromatic nitrogens is 1. The zero-order valence-corrected chi connectivity index (χ0v) is 19.1. The largest absolute Gasteiger partial charge is 0.351 e. The number of carbonyl (C=O) groups excluding carboxylic acids is 1. The summed E-state index contributed by atoms with van der Waals surface area (Å²) in [6.45, 7) is 13.9. The number of anilines is 1. The second-order valence-corrected chi connectivity index (χ2v) is 9.23. The molecule has 0 bridgehead atoms. The first-order chi connectivity index (χ1) is 14.4. The monoisotopic (exact) mass is 422 g/mol. The Balaban J connectivity index is 1.28. The van der Waals surface area contributed by atoms with Gasteiger partial charge in [-0.05, 0) is 62.1 Å². The summed E-state index contributed by atoms with van der Waals surface area (Å²) in [5, 5.41) is 4.19. The highest BCUT2D eigenvalue weighted by molar-refractivity contribution is 7.22. The molecule has 1 aliphatic heterocycles. The van der Waals surface area contributed by atoms with Gasteiger partial charge in [-0.25, -0.2) is 4.98 Å². The van der Waals surface area contributed by atoms with E-state index >= 15 is 0 Å². The van der Waals surface area contributed by atoms with Crippen molar-refractivity contribution in [2.75, 3.05) is 44.2 Å². The topological polar surface area (TPSA) is 48.5 Å². The molecule has 1 fully saturated rings. The molecule has 0 aliphatic carbocycles. The van der Waals surface area contributed by atoms with Gasteiger partial charge in [-0.3, -0.25) is 9.69 Å². The summed E-state index contributed by atoms with van der Waals surface area (Å²) in [5.74, 6) is 0.0111. The molecule has 4 rings (SSSR count). The van der Waals surface area contributed by atoms with E-state index in [4.69, 9.17) is 4.98 Å². The molecule has 2 aromatic carbocycles. The number of rotatable bonds is 5. The first-order valence-electron chi connectivity index (χ1n) is 10.6. The maximum atomic E-state index is 12.4. The third kappa shape index (κ3) is 4.35. The van der Waals surface area contributed by atoms with Gasteiger partial charge in [0, 0.05) is 44.8 Å². The molecule has 1 aliphatic rings. The number of hydrogen-bond donors (Lipinski definition) is 1. The summed E-state index contributed by atoms with van der Waals surface area (Å²) in [6.07, 6.45) is 0. The second kappa shape index (κ2) is 8.74. The average molecular weight is 423 g/mol. The first kappa shape index (κ1) is 20.8. The van der Waals surface area contributed by atoms with Gasteiger partial charge in [0.25, 0.3) is 5.91 Å². The third-order valence-corrected chi connectivity index (χ3v) is 7.31. The van der Waals surface area contributed by atoms with E-state index in [1.54, 1.807) is 11.3 Å². The van der Waals surface area contributed by atoms with Gasteiger partial charge in [-0.15, -0.1) is 0 Å². The Morgan fingerprint density at radius 2 is 1.67 bits per heavy atom. The summed E-state index contributed by atoms with van der Waals surface area (Å²) in [5.41, 5.74) is 6.80. The number of benzene rings is 2. The van der Waals surface area contributed by atoms with Crippen molar-refractivity contribution in [3.8, 4) is 0 Å². The van der Waals surface area contributed by atoms with E-state index in [2.05, 4.69) is 48.0 Å². The van der Waals surface area contributed by atoms with Gasteiger partial charge in [-0.2, -0.15) is 0 Å². The Kier molecular flexibility index (Phi) is 6.06. The first-order valence-corrected chi connectivity index (χ1v) is 11.4. The Bertz CT molecular complexity index is 1030. The number of fused-ring (bicyclic) bond motifs is 1. The normalized spacial score (nSPS) is 15.0. The lowest BCUT2D eigenvalue weighted by Crippen LogP contribution is -2.48. The molecular formula is C24H30N4OS. The minimum Gasteiger partial charge on any atom is -0.351 e. The van der Waals surface area contributed by atoms with Crippen molar-refractivity contribution in [1.82, 2.24) is 15.2 Å². The van der Waals surface area contributed by atoms with Gasteiger partial charge < -0.3 is 10.2 Å². The van der Waals surface area contributed by atoms with E-state index in [1.807, 2.05) is 25.1 Å². The second-order valence-electron chi connectivity index (χ2n) is 8.26. The van der Waals surface area contributed by atoms with Crippen molar-refractivity contribution >= 4 is 32.6 Å². The van der Waals surface area contributed by atoms with Gasteiger partial charge in [0.1, 0.15) is 0 Å². The molecule has 1 amide bonds. The molecule has 158 valence electrons. The Hall–Kier alpha value is -2.44. The van der Waals surface area contributed by atoms with Crippen molar-refractivity contribution in [1.29, 1.82) is 0 Å². The molecular weight excluding hydrogens is 392 g/mol. The van der Waals surface area contributed by atoms with E-state index in [9.17, 15) is 4.79 Å². The number of amides is 1. The summed E-state index contributed by atoms with van der Waals surface area (Å²) >= 11 is 1.81. The fourth-order valence-electron chi connectivity index (χ4n) is 3.86. The van der Waals surface area contributed by atoms with Crippen molar-refractivity contribution in [3.63, 3.8) is 0 Å². The highest BCUT2D eigenvalue weighted by Gasteiger charge is 2.20. The van der Waals surface area contributed by atoms with Crippen LogP contribution in [0.25, 0.3) is 10.2 Å². The van der Waals surface area contributed by atoms with Gasteiger partial charge in [-0.1, -0.05) is 29.5 Å². The standard InChI is InChI=1S/C24H30N4OS/c1-16-7-8-20(15-19(16)4)23(29)25-9-10-27-11-13-28(14-12-27)24-26-21-17(2)5-6-18(3)22(21)30-24/h5-8,15H,9-14H2,1-4H3,(H,25,29). The number of nitrogens with zero attached hydrogens (tertiary/aromatic N) is 3. The predicted molar refractivity (Wildman–Crippen MR) is 126 cm³/mol. The quantitative estimate of drug-likeness (QED) is 0.673. The lowest BCUT2D eigenvalue weighted by atomic mass is 10.1. The van der Waals surface area contributed by atoms with Crippen LogP contribution in [0, 0.1) is 27.7 Å². The molecule has 1 aromatic heterocycles. The van der Waals surface area contributed by atoms with Crippen molar-refractivity contribution in [3.05, 3.63) is 58.1 Å². The SMILES string of the molecule is Cc1ccc(C(=O)NCCN2CCN(c3nc4c(C)ccc(C)c4s3)CC2)cc1C. The number of thiazole rings is 1. The molecule has 0 atom stereocenters. The minimum absolute atomic E-state index is 0.0111. The number of nitrogens with one attached hydrogen (secondary N) is 1. The van der Waals surface area contributed by atoms with E-state index in [0.29, 0.717) is 6.54 Å². The van der Waals surface area contributed by atoms with Crippen LogP contribution in [-0.2, 0) is 0 Å². The van der Waals surface area contributed by atoms with Gasteiger partial charge >= 0.3 is 0 Å². The minimum atomic E-state index is 0.0111. The van der Waals surface area contributed by atoms with Crippen LogP contribution in [0.2, 0.25) is 0 Å². The lowest BCUT2D eigenvalue weighted by Gasteiger charge is -2.34. The summed E-state index contributed by atoms with van der Waals surface area (Å²) in [6, 6.07) is 10.2. The van der Waals surface area contributed by atoms with Crippen molar-refractivity contribution in [2.45, 2.75) is 27.7 Å².